The molecule has 1 aliphatic carbocycles. The van der Waals surface area contributed by atoms with Gasteiger partial charge < -0.3 is 0 Å². The van der Waals surface area contributed by atoms with E-state index in [1.165, 1.54) is 23.3 Å². The van der Waals surface area contributed by atoms with Gasteiger partial charge in [-0.2, -0.15) is 0 Å². The van der Waals surface area contributed by atoms with Gasteiger partial charge in [0.05, 0.1) is 0 Å². The van der Waals surface area contributed by atoms with Gasteiger partial charge in [-0.15, -0.1) is 11.8 Å². The summed E-state index contributed by atoms with van der Waals surface area (Å²) in [6.07, 6.45) is 8.67. The van der Waals surface area contributed by atoms with Crippen LogP contribution in [0.3, 0.4) is 0 Å². The average Bonchev–Trinajstić information content (AvgIpc) is 3.32. The molecule has 1 unspecified atom stereocenters. The summed E-state index contributed by atoms with van der Waals surface area (Å²) in [5.74, 6) is 0.869. The molecule has 1 atom stereocenters. The van der Waals surface area contributed by atoms with Crippen LogP contribution in [0.15, 0.2) is 77.7 Å². The van der Waals surface area contributed by atoms with Crippen molar-refractivity contribution in [2.24, 2.45) is 5.92 Å². The Hall–Kier alpha value is -1.47. The topological polar surface area (TPSA) is 0 Å². The van der Waals surface area contributed by atoms with E-state index >= 15 is 0 Å². The number of allylic oxidation sites excluding steroid dienone is 2. The Balaban J connectivity index is 1.72. The molecule has 0 aromatic heterocycles. The van der Waals surface area contributed by atoms with Crippen molar-refractivity contribution < 1.29 is 0 Å². The highest BCUT2D eigenvalue weighted by Gasteiger charge is 2.17. The lowest BCUT2D eigenvalue weighted by Gasteiger charge is -2.15. The van der Waals surface area contributed by atoms with Crippen molar-refractivity contribution in [3.63, 3.8) is 0 Å². The summed E-state index contributed by atoms with van der Waals surface area (Å²) in [7, 11) is 0. The van der Waals surface area contributed by atoms with Crippen molar-refractivity contribution in [3.05, 3.63) is 78.4 Å². The Morgan fingerprint density at radius 1 is 0.950 bits per heavy atom. The van der Waals surface area contributed by atoms with E-state index < -0.39 is 0 Å². The van der Waals surface area contributed by atoms with E-state index in [1.807, 2.05) is 11.8 Å². The number of thioether (sulfide) groups is 1. The van der Waals surface area contributed by atoms with Gasteiger partial charge >= 0.3 is 0 Å². The number of benzene rings is 2. The molecule has 102 valence electrons. The molecular formula is C19H20S. The fraction of sp³-hybridized carbons (Fsp3) is 0.263. The second-order valence-corrected chi connectivity index (χ2v) is 6.61. The first-order valence-corrected chi connectivity index (χ1v) is 8.23. The van der Waals surface area contributed by atoms with Gasteiger partial charge in [0.15, 0.2) is 0 Å². The van der Waals surface area contributed by atoms with Gasteiger partial charge in [-0.25, -0.2) is 0 Å². The maximum Gasteiger partial charge on any atom is 0.0378 e. The van der Waals surface area contributed by atoms with Crippen LogP contribution in [0.4, 0.5) is 0 Å². The average molecular weight is 280 g/mol. The molecule has 1 fully saturated rings. The standard InChI is InChI=1S/C19H20S/c1-3-9-17(10-4-1)19(13-7-8-16-14-15-16)20-18-11-5-2-6-12-18/h1-12,16,19H,13-15H2/b8-7-. The summed E-state index contributed by atoms with van der Waals surface area (Å²) in [5.41, 5.74) is 1.42. The first-order chi connectivity index (χ1) is 9.92. The first-order valence-electron chi connectivity index (χ1n) is 7.35. The van der Waals surface area contributed by atoms with E-state index in [9.17, 15) is 0 Å². The minimum atomic E-state index is 0.508. The second-order valence-electron chi connectivity index (χ2n) is 5.33. The Morgan fingerprint density at radius 2 is 1.60 bits per heavy atom. The van der Waals surface area contributed by atoms with Crippen molar-refractivity contribution in [3.8, 4) is 0 Å². The van der Waals surface area contributed by atoms with E-state index in [0.29, 0.717) is 5.25 Å². The van der Waals surface area contributed by atoms with Gasteiger partial charge in [0, 0.05) is 10.1 Å². The molecule has 1 saturated carbocycles. The fourth-order valence-corrected chi connectivity index (χ4v) is 3.41. The molecule has 0 spiro atoms. The SMILES string of the molecule is C(=C/C1CC1)/CC(Sc1ccccc1)c1ccccc1. The van der Waals surface area contributed by atoms with E-state index in [4.69, 9.17) is 0 Å². The molecule has 1 heteroatoms. The molecule has 0 heterocycles. The van der Waals surface area contributed by atoms with Crippen molar-refractivity contribution in [2.75, 3.05) is 0 Å². The van der Waals surface area contributed by atoms with Crippen molar-refractivity contribution in [1.82, 2.24) is 0 Å². The van der Waals surface area contributed by atoms with Crippen LogP contribution < -0.4 is 0 Å². The number of rotatable bonds is 6. The summed E-state index contributed by atoms with van der Waals surface area (Å²) in [6, 6.07) is 21.6. The molecule has 0 amide bonds. The summed E-state index contributed by atoms with van der Waals surface area (Å²) < 4.78 is 0. The molecule has 0 saturated heterocycles. The van der Waals surface area contributed by atoms with Crippen molar-refractivity contribution in [2.45, 2.75) is 29.4 Å². The van der Waals surface area contributed by atoms with E-state index in [2.05, 4.69) is 72.8 Å². The monoisotopic (exact) mass is 280 g/mol. The largest absolute Gasteiger partial charge is 0.118 e. The van der Waals surface area contributed by atoms with Crippen LogP contribution in [0, 0.1) is 5.92 Å². The van der Waals surface area contributed by atoms with Gasteiger partial charge in [0.1, 0.15) is 0 Å². The first kappa shape index (κ1) is 13.5. The Bertz CT molecular complexity index is 540. The van der Waals surface area contributed by atoms with Gasteiger partial charge in [-0.1, -0.05) is 60.7 Å². The van der Waals surface area contributed by atoms with E-state index in [1.54, 1.807) is 0 Å². The molecule has 0 N–H and O–H groups in total. The summed E-state index contributed by atoms with van der Waals surface area (Å²) >= 11 is 1.96. The summed E-state index contributed by atoms with van der Waals surface area (Å²) in [4.78, 5) is 1.35. The molecule has 0 bridgehead atoms. The summed E-state index contributed by atoms with van der Waals surface area (Å²) in [5, 5.41) is 0.508. The van der Waals surface area contributed by atoms with Crippen LogP contribution in [0.1, 0.15) is 30.1 Å². The van der Waals surface area contributed by atoms with Crippen molar-refractivity contribution >= 4 is 11.8 Å². The Kier molecular flexibility index (Phi) is 4.60. The molecule has 0 radical (unpaired) electrons. The minimum absolute atomic E-state index is 0.508. The van der Waals surface area contributed by atoms with Gasteiger partial charge in [-0.3, -0.25) is 0 Å². The quantitative estimate of drug-likeness (QED) is 0.470. The lowest BCUT2D eigenvalue weighted by molar-refractivity contribution is 0.954. The van der Waals surface area contributed by atoms with Crippen molar-refractivity contribution in [1.29, 1.82) is 0 Å². The third-order valence-electron chi connectivity index (χ3n) is 3.57. The molecule has 2 aromatic rings. The molecule has 3 rings (SSSR count). The third kappa shape index (κ3) is 4.01. The van der Waals surface area contributed by atoms with Gasteiger partial charge in [0.25, 0.3) is 0 Å². The zero-order valence-electron chi connectivity index (χ0n) is 11.6. The lowest BCUT2D eigenvalue weighted by Crippen LogP contribution is -1.92. The minimum Gasteiger partial charge on any atom is -0.118 e. The Labute approximate surface area is 125 Å². The normalized spacial score (nSPS) is 16.4. The maximum atomic E-state index is 2.40. The van der Waals surface area contributed by atoms with E-state index in [0.717, 1.165) is 12.3 Å². The zero-order chi connectivity index (χ0) is 13.6. The number of hydrogen-bond donors (Lipinski definition) is 0. The van der Waals surface area contributed by atoms with Crippen LogP contribution >= 0.6 is 11.8 Å². The second kappa shape index (κ2) is 6.81. The smallest absolute Gasteiger partial charge is 0.0378 e. The molecule has 20 heavy (non-hydrogen) atoms. The molecule has 0 aliphatic heterocycles. The van der Waals surface area contributed by atoms with Crippen LogP contribution in [-0.4, -0.2) is 0 Å². The van der Waals surface area contributed by atoms with Crippen LogP contribution in [-0.2, 0) is 0 Å². The predicted octanol–water partition coefficient (Wildman–Crippen LogP) is 5.88. The highest BCUT2D eigenvalue weighted by atomic mass is 32.2. The Morgan fingerprint density at radius 3 is 2.25 bits per heavy atom. The zero-order valence-corrected chi connectivity index (χ0v) is 12.4. The lowest BCUT2D eigenvalue weighted by atomic mass is 10.1. The predicted molar refractivity (Wildman–Crippen MR) is 88.0 cm³/mol. The van der Waals surface area contributed by atoms with E-state index in [-0.39, 0.29) is 0 Å². The highest BCUT2D eigenvalue weighted by molar-refractivity contribution is 7.99. The molecule has 1 aliphatic rings. The molecule has 2 aromatic carbocycles. The highest BCUT2D eigenvalue weighted by Crippen LogP contribution is 2.38. The van der Waals surface area contributed by atoms with Gasteiger partial charge in [-0.05, 0) is 42.9 Å². The fourth-order valence-electron chi connectivity index (χ4n) is 2.27. The molecule has 0 nitrogen and oxygen atoms in total. The van der Waals surface area contributed by atoms with Crippen LogP contribution in [0.5, 0.6) is 0 Å². The molecular weight excluding hydrogens is 260 g/mol. The third-order valence-corrected chi connectivity index (χ3v) is 4.87. The van der Waals surface area contributed by atoms with Crippen LogP contribution in [0.2, 0.25) is 0 Å². The number of hydrogen-bond acceptors (Lipinski definition) is 1. The summed E-state index contributed by atoms with van der Waals surface area (Å²) in [6.45, 7) is 0. The maximum absolute atomic E-state index is 2.40. The van der Waals surface area contributed by atoms with Gasteiger partial charge in [0.2, 0.25) is 0 Å². The van der Waals surface area contributed by atoms with Crippen LogP contribution in [0.25, 0.3) is 0 Å².